The van der Waals surface area contributed by atoms with Gasteiger partial charge in [-0.25, -0.2) is 0 Å². The molecule has 84 valence electrons. The van der Waals surface area contributed by atoms with Gasteiger partial charge in [0, 0.05) is 3.57 Å². The molecule has 5 heteroatoms. The summed E-state index contributed by atoms with van der Waals surface area (Å²) in [6.07, 6.45) is 0. The Morgan fingerprint density at radius 2 is 1.94 bits per heavy atom. The summed E-state index contributed by atoms with van der Waals surface area (Å²) in [5.41, 5.74) is 2.54. The molecule has 0 bridgehead atoms. The quantitative estimate of drug-likeness (QED) is 0.309. The van der Waals surface area contributed by atoms with Crippen molar-refractivity contribution in [1.82, 2.24) is 0 Å². The fourth-order valence-corrected chi connectivity index (χ4v) is 5.94. The van der Waals surface area contributed by atoms with Gasteiger partial charge in [0.1, 0.15) is 0 Å². The molecule has 2 rings (SSSR count). The number of benzene rings is 1. The van der Waals surface area contributed by atoms with Crippen molar-refractivity contribution in [3.05, 3.63) is 52.6 Å². The summed E-state index contributed by atoms with van der Waals surface area (Å²) in [5.74, 6) is 0. The van der Waals surface area contributed by atoms with Gasteiger partial charge in [0.15, 0.2) is 0 Å². The van der Waals surface area contributed by atoms with Crippen molar-refractivity contribution < 1.29 is 0 Å². The van der Waals surface area contributed by atoms with Crippen LogP contribution in [0.1, 0.15) is 16.0 Å². The number of hydrogen-bond donors (Lipinski definition) is 0. The molecule has 1 aromatic carbocycles. The number of alkyl halides is 1. The minimum atomic E-state index is 0.235. The average molecular weight is 537 g/mol. The summed E-state index contributed by atoms with van der Waals surface area (Å²) in [5, 5.41) is 0. The van der Waals surface area contributed by atoms with Crippen LogP contribution in [-0.2, 0) is 0 Å². The summed E-state index contributed by atoms with van der Waals surface area (Å²) in [4.78, 5) is 0.235. The normalized spacial score (nSPS) is 12.8. The average Bonchev–Trinajstić information content (AvgIpc) is 2.57. The van der Waals surface area contributed by atoms with E-state index in [4.69, 9.17) is 0 Å². The zero-order chi connectivity index (χ0) is 11.7. The topological polar surface area (TPSA) is 0 Å². The summed E-state index contributed by atoms with van der Waals surface area (Å²) < 4.78 is 3.56. The Labute approximate surface area is 137 Å². The third kappa shape index (κ3) is 3.10. The van der Waals surface area contributed by atoms with E-state index in [1.54, 1.807) is 11.3 Å². The Kier molecular flexibility index (Phi) is 4.92. The second-order valence-corrected chi connectivity index (χ2v) is 9.11. The van der Waals surface area contributed by atoms with E-state index in [-0.39, 0.29) is 4.83 Å². The first kappa shape index (κ1) is 13.5. The molecule has 0 nitrogen and oxygen atoms in total. The van der Waals surface area contributed by atoms with Gasteiger partial charge in [-0.3, -0.25) is 0 Å². The van der Waals surface area contributed by atoms with Gasteiger partial charge < -0.3 is 0 Å². The van der Waals surface area contributed by atoms with Crippen molar-refractivity contribution in [2.45, 2.75) is 4.83 Å². The molecule has 0 spiro atoms. The highest BCUT2D eigenvalue weighted by molar-refractivity contribution is 14.1. The van der Waals surface area contributed by atoms with Crippen LogP contribution in [0.3, 0.4) is 0 Å². The molecular weight excluding hydrogens is 531 g/mol. The minimum absolute atomic E-state index is 0.235. The lowest BCUT2D eigenvalue weighted by Crippen LogP contribution is -1.91. The third-order valence-electron chi connectivity index (χ3n) is 2.10. The first-order chi connectivity index (χ1) is 7.58. The van der Waals surface area contributed by atoms with E-state index in [0.29, 0.717) is 0 Å². The fraction of sp³-hybridized carbons (Fsp3) is 0.0909. The molecular formula is C11H6Br3IS. The zero-order valence-corrected chi connectivity index (χ0v) is 15.6. The van der Waals surface area contributed by atoms with Gasteiger partial charge in [0.05, 0.1) is 12.4 Å². The van der Waals surface area contributed by atoms with E-state index in [1.807, 2.05) is 0 Å². The monoisotopic (exact) mass is 534 g/mol. The molecule has 0 saturated heterocycles. The van der Waals surface area contributed by atoms with Gasteiger partial charge in [-0.2, -0.15) is 0 Å². The van der Waals surface area contributed by atoms with Crippen LogP contribution in [-0.4, -0.2) is 0 Å². The third-order valence-corrected chi connectivity index (χ3v) is 6.18. The number of thiophene rings is 1. The lowest BCUT2D eigenvalue weighted by atomic mass is 10.1. The minimum Gasteiger partial charge on any atom is -0.121 e. The van der Waals surface area contributed by atoms with Crippen molar-refractivity contribution in [2.75, 3.05) is 0 Å². The Morgan fingerprint density at radius 3 is 2.50 bits per heavy atom. The van der Waals surface area contributed by atoms with E-state index in [1.165, 1.54) is 18.5 Å². The van der Waals surface area contributed by atoms with E-state index in [0.717, 1.165) is 3.79 Å². The molecule has 0 fully saturated rings. The van der Waals surface area contributed by atoms with Gasteiger partial charge in [-0.05, 0) is 83.8 Å². The first-order valence-electron chi connectivity index (χ1n) is 4.42. The number of hydrogen-bond acceptors (Lipinski definition) is 1. The molecule has 0 saturated carbocycles. The van der Waals surface area contributed by atoms with Crippen LogP contribution in [0.2, 0.25) is 0 Å². The van der Waals surface area contributed by atoms with Crippen molar-refractivity contribution in [2.24, 2.45) is 0 Å². The van der Waals surface area contributed by atoms with Crippen LogP contribution < -0.4 is 0 Å². The highest BCUT2D eigenvalue weighted by atomic mass is 127. The van der Waals surface area contributed by atoms with Gasteiger partial charge in [0.25, 0.3) is 0 Å². The van der Waals surface area contributed by atoms with Gasteiger partial charge in [-0.1, -0.05) is 28.1 Å². The highest BCUT2D eigenvalue weighted by Gasteiger charge is 2.16. The second-order valence-electron chi connectivity index (χ2n) is 3.20. The smallest absolute Gasteiger partial charge is 0.0757 e. The molecule has 1 aromatic heterocycles. The molecule has 0 aliphatic heterocycles. The summed E-state index contributed by atoms with van der Waals surface area (Å²) >= 11 is 14.9. The maximum atomic E-state index is 3.74. The van der Waals surface area contributed by atoms with Gasteiger partial charge in [-0.15, -0.1) is 11.3 Å². The Bertz CT molecular complexity index is 510. The van der Waals surface area contributed by atoms with E-state index < -0.39 is 0 Å². The Morgan fingerprint density at radius 1 is 1.19 bits per heavy atom. The zero-order valence-electron chi connectivity index (χ0n) is 7.88. The predicted octanol–water partition coefficient (Wildman–Crippen LogP) is 6.36. The fourth-order valence-electron chi connectivity index (χ4n) is 1.37. The van der Waals surface area contributed by atoms with E-state index >= 15 is 0 Å². The molecule has 0 radical (unpaired) electrons. The van der Waals surface area contributed by atoms with Crippen LogP contribution in [0.5, 0.6) is 0 Å². The van der Waals surface area contributed by atoms with Crippen LogP contribution in [0.25, 0.3) is 0 Å². The summed E-state index contributed by atoms with van der Waals surface area (Å²) in [6, 6.07) is 10.7. The highest BCUT2D eigenvalue weighted by Crippen LogP contribution is 2.41. The van der Waals surface area contributed by atoms with E-state index in [2.05, 4.69) is 101 Å². The van der Waals surface area contributed by atoms with E-state index in [9.17, 15) is 0 Å². The Balaban J connectivity index is 2.38. The Hall–Kier alpha value is 1.09. The number of halogens is 4. The lowest BCUT2D eigenvalue weighted by molar-refractivity contribution is 1.18. The van der Waals surface area contributed by atoms with Crippen LogP contribution in [0, 0.1) is 3.57 Å². The maximum absolute atomic E-state index is 3.74. The van der Waals surface area contributed by atoms with Crippen molar-refractivity contribution in [3.8, 4) is 0 Å². The SMILES string of the molecule is Brc1cc(C(Br)c2cccc(I)c2)c(Br)s1. The second kappa shape index (κ2) is 5.82. The molecule has 2 aromatic rings. The molecule has 16 heavy (non-hydrogen) atoms. The van der Waals surface area contributed by atoms with Gasteiger partial charge >= 0.3 is 0 Å². The molecule has 0 aliphatic rings. The molecule has 0 aliphatic carbocycles. The molecule has 0 amide bonds. The van der Waals surface area contributed by atoms with Crippen molar-refractivity contribution >= 4 is 81.7 Å². The maximum Gasteiger partial charge on any atom is 0.0757 e. The van der Waals surface area contributed by atoms with Crippen molar-refractivity contribution in [1.29, 1.82) is 0 Å². The summed E-state index contributed by atoms with van der Waals surface area (Å²) in [6.45, 7) is 0. The predicted molar refractivity (Wildman–Crippen MR) is 89.6 cm³/mol. The lowest BCUT2D eigenvalue weighted by Gasteiger charge is -2.09. The largest absolute Gasteiger partial charge is 0.121 e. The molecule has 0 N–H and O–H groups in total. The molecule has 1 heterocycles. The summed E-state index contributed by atoms with van der Waals surface area (Å²) in [7, 11) is 0. The van der Waals surface area contributed by atoms with Crippen LogP contribution in [0.4, 0.5) is 0 Å². The van der Waals surface area contributed by atoms with Crippen LogP contribution >= 0.6 is 81.7 Å². The standard InChI is InChI=1S/C11H6Br3IS/c12-9-5-8(11(14)16-9)10(13)6-2-1-3-7(15)4-6/h1-5,10H. The molecule has 1 atom stereocenters. The number of rotatable bonds is 2. The van der Waals surface area contributed by atoms with Crippen LogP contribution in [0.15, 0.2) is 37.9 Å². The van der Waals surface area contributed by atoms with Crippen molar-refractivity contribution in [3.63, 3.8) is 0 Å². The molecule has 1 unspecified atom stereocenters. The van der Waals surface area contributed by atoms with Gasteiger partial charge in [0.2, 0.25) is 0 Å². The first-order valence-corrected chi connectivity index (χ1v) is 8.82.